The van der Waals surface area contributed by atoms with E-state index in [0.29, 0.717) is 18.0 Å². The quantitative estimate of drug-likeness (QED) is 0.549. The average Bonchev–Trinajstić information content (AvgIpc) is 3.16. The molecule has 4 N–H and O–H groups in total. The number of aryl methyl sites for hydroxylation is 1. The molecule has 2 aromatic rings. The van der Waals surface area contributed by atoms with Gasteiger partial charge in [-0.25, -0.2) is 9.67 Å². The maximum atomic E-state index is 12.8. The third kappa shape index (κ3) is 4.44. The number of carbonyl (C=O) groups is 1. The Kier molecular flexibility index (Phi) is 6.85. The van der Waals surface area contributed by atoms with Gasteiger partial charge in [0.2, 0.25) is 0 Å². The van der Waals surface area contributed by atoms with Gasteiger partial charge in [0.25, 0.3) is 5.91 Å². The molecular weight excluding hydrogens is 358 g/mol. The number of hydrogen-bond acceptors (Lipinski definition) is 6. The summed E-state index contributed by atoms with van der Waals surface area (Å²) in [7, 11) is 0. The van der Waals surface area contributed by atoms with Crippen molar-refractivity contribution < 1.29 is 15.0 Å². The minimum atomic E-state index is -0.985. The number of pyridine rings is 1. The van der Waals surface area contributed by atoms with E-state index in [1.807, 2.05) is 11.6 Å². The van der Waals surface area contributed by atoms with Crippen molar-refractivity contribution in [1.29, 1.82) is 0 Å². The summed E-state index contributed by atoms with van der Waals surface area (Å²) >= 11 is 0. The molecule has 1 amide bonds. The molecule has 8 nitrogen and oxygen atoms in total. The first-order valence-corrected chi connectivity index (χ1v) is 10.2. The van der Waals surface area contributed by atoms with Gasteiger partial charge in [-0.1, -0.05) is 19.3 Å². The molecule has 0 spiro atoms. The van der Waals surface area contributed by atoms with Gasteiger partial charge in [0, 0.05) is 25.3 Å². The number of nitrogens with one attached hydrogen (secondary N) is 2. The Labute approximate surface area is 165 Å². The second-order valence-corrected chi connectivity index (χ2v) is 7.62. The number of amides is 1. The molecule has 2 aromatic heterocycles. The third-order valence-electron chi connectivity index (χ3n) is 5.65. The van der Waals surface area contributed by atoms with Gasteiger partial charge in [-0.3, -0.25) is 4.79 Å². The summed E-state index contributed by atoms with van der Waals surface area (Å²) in [4.78, 5) is 17.2. The van der Waals surface area contributed by atoms with Crippen LogP contribution in [0.5, 0.6) is 0 Å². The molecular formula is C20H31N5O3. The molecule has 0 aliphatic heterocycles. The number of rotatable bonds is 8. The first kappa shape index (κ1) is 20.5. The maximum Gasteiger partial charge on any atom is 0.255 e. The number of aliphatic hydroxyl groups excluding tert-OH is 2. The molecule has 28 heavy (non-hydrogen) atoms. The third-order valence-corrected chi connectivity index (χ3v) is 5.65. The number of nitrogens with zero attached hydrogens (tertiary/aromatic N) is 3. The van der Waals surface area contributed by atoms with Crippen LogP contribution in [0.15, 0.2) is 12.4 Å². The molecule has 154 valence electrons. The Morgan fingerprint density at radius 1 is 1.32 bits per heavy atom. The van der Waals surface area contributed by atoms with Crippen LogP contribution < -0.4 is 10.6 Å². The van der Waals surface area contributed by atoms with Crippen LogP contribution in [0, 0.1) is 5.92 Å². The average molecular weight is 390 g/mol. The Balaban J connectivity index is 1.91. The molecule has 1 unspecified atom stereocenters. The minimum absolute atomic E-state index is 0.0147. The summed E-state index contributed by atoms with van der Waals surface area (Å²) < 4.78 is 1.81. The van der Waals surface area contributed by atoms with Crippen molar-refractivity contribution in [3.8, 4) is 0 Å². The van der Waals surface area contributed by atoms with Crippen LogP contribution in [0.3, 0.4) is 0 Å². The standard InChI is InChI=1S/C20H31N5O3/c1-3-25-19-16(11-23-25)18(24-13(2)14-7-5-4-6-8-14)17(10-21-19)20(28)22-9-15(27)12-26/h10-11,13-15,26-27H,3-9,12H2,1-2H3,(H,21,24)(H,22,28)/t13-,15?/m1/s1. The summed E-state index contributed by atoms with van der Waals surface area (Å²) in [6, 6.07) is 0.227. The smallest absolute Gasteiger partial charge is 0.255 e. The highest BCUT2D eigenvalue weighted by atomic mass is 16.3. The second kappa shape index (κ2) is 9.34. The highest BCUT2D eigenvalue weighted by Crippen LogP contribution is 2.31. The zero-order chi connectivity index (χ0) is 20.1. The van der Waals surface area contributed by atoms with Gasteiger partial charge in [-0.05, 0) is 32.6 Å². The van der Waals surface area contributed by atoms with Gasteiger partial charge in [-0.2, -0.15) is 5.10 Å². The van der Waals surface area contributed by atoms with Crippen LogP contribution in [-0.4, -0.2) is 56.2 Å². The van der Waals surface area contributed by atoms with Crippen molar-refractivity contribution in [2.75, 3.05) is 18.5 Å². The van der Waals surface area contributed by atoms with Gasteiger partial charge >= 0.3 is 0 Å². The minimum Gasteiger partial charge on any atom is -0.394 e. The molecule has 1 saturated carbocycles. The number of anilines is 1. The van der Waals surface area contributed by atoms with Crippen molar-refractivity contribution in [1.82, 2.24) is 20.1 Å². The monoisotopic (exact) mass is 389 g/mol. The predicted molar refractivity (Wildman–Crippen MR) is 108 cm³/mol. The predicted octanol–water partition coefficient (Wildman–Crippen LogP) is 1.91. The number of hydrogen-bond donors (Lipinski definition) is 4. The fourth-order valence-corrected chi connectivity index (χ4v) is 3.94. The molecule has 1 aliphatic rings. The summed E-state index contributed by atoms with van der Waals surface area (Å²) in [6.07, 6.45) is 8.52. The van der Waals surface area contributed by atoms with Crippen LogP contribution in [0.25, 0.3) is 11.0 Å². The van der Waals surface area contributed by atoms with Crippen LogP contribution in [0.2, 0.25) is 0 Å². The van der Waals surface area contributed by atoms with E-state index in [-0.39, 0.29) is 18.5 Å². The van der Waals surface area contributed by atoms with Gasteiger partial charge < -0.3 is 20.8 Å². The van der Waals surface area contributed by atoms with Crippen LogP contribution in [0.1, 0.15) is 56.3 Å². The molecule has 2 heterocycles. The lowest BCUT2D eigenvalue weighted by Crippen LogP contribution is -2.35. The Morgan fingerprint density at radius 3 is 2.75 bits per heavy atom. The van der Waals surface area contributed by atoms with E-state index >= 15 is 0 Å². The largest absolute Gasteiger partial charge is 0.394 e. The highest BCUT2D eigenvalue weighted by Gasteiger charge is 2.24. The van der Waals surface area contributed by atoms with Crippen molar-refractivity contribution in [2.45, 2.75) is 64.6 Å². The topological polar surface area (TPSA) is 112 Å². The Bertz CT molecular complexity index is 800. The van der Waals surface area contributed by atoms with Gasteiger partial charge in [-0.15, -0.1) is 0 Å². The number of fused-ring (bicyclic) bond motifs is 1. The molecule has 1 fully saturated rings. The second-order valence-electron chi connectivity index (χ2n) is 7.62. The zero-order valence-electron chi connectivity index (χ0n) is 16.7. The molecule has 0 saturated heterocycles. The van der Waals surface area contributed by atoms with E-state index in [0.717, 1.165) is 16.7 Å². The molecule has 8 heteroatoms. The first-order valence-electron chi connectivity index (χ1n) is 10.2. The number of aliphatic hydroxyl groups is 2. The van der Waals surface area contributed by atoms with E-state index < -0.39 is 12.7 Å². The highest BCUT2D eigenvalue weighted by molar-refractivity contribution is 6.06. The lowest BCUT2D eigenvalue weighted by Gasteiger charge is -2.29. The molecule has 0 aromatic carbocycles. The van der Waals surface area contributed by atoms with Crippen molar-refractivity contribution in [2.24, 2.45) is 5.92 Å². The molecule has 3 rings (SSSR count). The molecule has 0 radical (unpaired) electrons. The van der Waals surface area contributed by atoms with E-state index in [1.165, 1.54) is 32.1 Å². The van der Waals surface area contributed by atoms with Crippen molar-refractivity contribution >= 4 is 22.6 Å². The maximum absolute atomic E-state index is 12.8. The van der Waals surface area contributed by atoms with Crippen LogP contribution in [0.4, 0.5) is 5.69 Å². The zero-order valence-corrected chi connectivity index (χ0v) is 16.7. The summed E-state index contributed by atoms with van der Waals surface area (Å²) in [6.45, 7) is 4.46. The van der Waals surface area contributed by atoms with E-state index in [4.69, 9.17) is 5.11 Å². The van der Waals surface area contributed by atoms with Crippen molar-refractivity contribution in [3.05, 3.63) is 18.0 Å². The summed E-state index contributed by atoms with van der Waals surface area (Å²) in [5, 5.41) is 30.0. The van der Waals surface area contributed by atoms with E-state index in [2.05, 4.69) is 27.6 Å². The number of aromatic nitrogens is 3. The number of carbonyl (C=O) groups excluding carboxylic acids is 1. The normalized spacial score (nSPS) is 17.4. The lowest BCUT2D eigenvalue weighted by molar-refractivity contribution is 0.0802. The molecule has 0 bridgehead atoms. The van der Waals surface area contributed by atoms with Crippen LogP contribution >= 0.6 is 0 Å². The van der Waals surface area contributed by atoms with Crippen LogP contribution in [-0.2, 0) is 6.54 Å². The van der Waals surface area contributed by atoms with Gasteiger partial charge in [0.1, 0.15) is 0 Å². The Hall–Kier alpha value is -2.19. The Morgan fingerprint density at radius 2 is 2.07 bits per heavy atom. The first-order chi connectivity index (χ1) is 13.5. The van der Waals surface area contributed by atoms with E-state index in [1.54, 1.807) is 12.4 Å². The lowest BCUT2D eigenvalue weighted by atomic mass is 9.84. The van der Waals surface area contributed by atoms with Gasteiger partial charge in [0.15, 0.2) is 5.65 Å². The summed E-state index contributed by atoms with van der Waals surface area (Å²) in [5.41, 5.74) is 1.91. The summed E-state index contributed by atoms with van der Waals surface area (Å²) in [5.74, 6) is 0.245. The molecule has 2 atom stereocenters. The van der Waals surface area contributed by atoms with E-state index in [9.17, 15) is 9.90 Å². The fraction of sp³-hybridized carbons (Fsp3) is 0.650. The van der Waals surface area contributed by atoms with Crippen molar-refractivity contribution in [3.63, 3.8) is 0 Å². The fourth-order valence-electron chi connectivity index (χ4n) is 3.94. The van der Waals surface area contributed by atoms with Gasteiger partial charge in [0.05, 0.1) is 35.5 Å². The SMILES string of the molecule is CCn1ncc2c(N[C@H](C)C3CCCCC3)c(C(=O)NCC(O)CO)cnc21. The molecule has 1 aliphatic carbocycles.